The molecule has 0 saturated carbocycles. The summed E-state index contributed by atoms with van der Waals surface area (Å²) in [6, 6.07) is 17.0. The Bertz CT molecular complexity index is 1240. The summed E-state index contributed by atoms with van der Waals surface area (Å²) in [6.45, 7) is 4.14. The Morgan fingerprint density at radius 2 is 1.73 bits per heavy atom. The number of hydrogen-bond acceptors (Lipinski definition) is 5. The van der Waals surface area contributed by atoms with E-state index in [4.69, 9.17) is 15.7 Å². The molecule has 2 aromatic carbocycles. The number of aromatic amines is 1. The first-order chi connectivity index (χ1) is 16.1. The van der Waals surface area contributed by atoms with Gasteiger partial charge in [-0.1, -0.05) is 35.9 Å². The van der Waals surface area contributed by atoms with Crippen molar-refractivity contribution in [2.24, 2.45) is 0 Å². The Morgan fingerprint density at radius 3 is 2.52 bits per heavy atom. The summed E-state index contributed by atoms with van der Waals surface area (Å²) in [4.78, 5) is 17.5. The fourth-order valence-corrected chi connectivity index (χ4v) is 4.83. The van der Waals surface area contributed by atoms with Crippen LogP contribution in [-0.2, 0) is 12.8 Å². The number of para-hydroxylation sites is 1. The van der Waals surface area contributed by atoms with Crippen molar-refractivity contribution in [3.05, 3.63) is 71.4 Å². The normalized spacial score (nSPS) is 14.1. The molecule has 1 fully saturated rings. The second-order valence-electron chi connectivity index (χ2n) is 9.01. The molecule has 0 amide bonds. The number of nitrogen functional groups attached to an aromatic ring is 1. The lowest BCUT2D eigenvalue weighted by Crippen LogP contribution is -2.32. The molecule has 1 aliphatic rings. The van der Waals surface area contributed by atoms with Gasteiger partial charge in [0.05, 0.1) is 0 Å². The number of fused-ring (bicyclic) bond motifs is 1. The second-order valence-corrected chi connectivity index (χ2v) is 9.01. The van der Waals surface area contributed by atoms with Crippen molar-refractivity contribution in [2.75, 3.05) is 35.7 Å². The van der Waals surface area contributed by atoms with E-state index in [2.05, 4.69) is 83.5 Å². The summed E-state index contributed by atoms with van der Waals surface area (Å²) >= 11 is 0. The quantitative estimate of drug-likeness (QED) is 0.420. The third-order valence-electron chi connectivity index (χ3n) is 6.69. The first-order valence-electron chi connectivity index (χ1n) is 11.9. The highest BCUT2D eigenvalue weighted by Gasteiger charge is 2.23. The van der Waals surface area contributed by atoms with Crippen molar-refractivity contribution in [3.63, 3.8) is 0 Å². The largest absolute Gasteiger partial charge is 0.368 e. The van der Waals surface area contributed by atoms with Gasteiger partial charge in [-0.2, -0.15) is 9.97 Å². The van der Waals surface area contributed by atoms with E-state index in [1.165, 1.54) is 46.9 Å². The predicted molar refractivity (Wildman–Crippen MR) is 137 cm³/mol. The van der Waals surface area contributed by atoms with Crippen molar-refractivity contribution in [3.8, 4) is 0 Å². The SMILES string of the molecule is Cc1ccc(N(C)c2nc(N)nc(N3CCCCC3)c2CCc2c[nH]c3ccccc23)cc1. The molecular formula is C27H32N6. The van der Waals surface area contributed by atoms with Crippen LogP contribution in [0.25, 0.3) is 10.9 Å². The van der Waals surface area contributed by atoms with Crippen LogP contribution in [0.4, 0.5) is 23.3 Å². The Hall–Kier alpha value is -3.54. The summed E-state index contributed by atoms with van der Waals surface area (Å²) in [5.74, 6) is 2.23. The minimum atomic E-state index is 0.334. The molecule has 0 atom stereocenters. The fraction of sp³-hybridized carbons (Fsp3) is 0.333. The molecular weight excluding hydrogens is 408 g/mol. The molecule has 6 heteroatoms. The number of rotatable bonds is 6. The average molecular weight is 441 g/mol. The number of nitrogens with zero attached hydrogens (tertiary/aromatic N) is 4. The minimum absolute atomic E-state index is 0.334. The van der Waals surface area contributed by atoms with Crippen LogP contribution >= 0.6 is 0 Å². The zero-order valence-electron chi connectivity index (χ0n) is 19.5. The van der Waals surface area contributed by atoms with Crippen LogP contribution in [0.2, 0.25) is 0 Å². The lowest BCUT2D eigenvalue weighted by molar-refractivity contribution is 0.571. The average Bonchev–Trinajstić information content (AvgIpc) is 3.26. The molecule has 1 saturated heterocycles. The van der Waals surface area contributed by atoms with Gasteiger partial charge in [0, 0.05) is 48.5 Å². The monoisotopic (exact) mass is 440 g/mol. The molecule has 0 radical (unpaired) electrons. The number of anilines is 4. The summed E-state index contributed by atoms with van der Waals surface area (Å²) < 4.78 is 0. The second kappa shape index (κ2) is 9.14. The van der Waals surface area contributed by atoms with Crippen molar-refractivity contribution in [2.45, 2.75) is 39.0 Å². The Labute approximate surface area is 195 Å². The maximum Gasteiger partial charge on any atom is 0.223 e. The zero-order chi connectivity index (χ0) is 22.8. The molecule has 5 rings (SSSR count). The molecule has 4 aromatic rings. The maximum absolute atomic E-state index is 6.26. The first kappa shape index (κ1) is 21.3. The van der Waals surface area contributed by atoms with Crippen LogP contribution in [0.1, 0.15) is 36.0 Å². The summed E-state index contributed by atoms with van der Waals surface area (Å²) in [7, 11) is 2.07. The lowest BCUT2D eigenvalue weighted by Gasteiger charge is -2.31. The number of nitrogens with one attached hydrogen (secondary N) is 1. The van der Waals surface area contributed by atoms with Crippen LogP contribution in [0, 0.1) is 6.92 Å². The third kappa shape index (κ3) is 4.38. The molecule has 0 aliphatic carbocycles. The van der Waals surface area contributed by atoms with E-state index in [1.54, 1.807) is 0 Å². The smallest absolute Gasteiger partial charge is 0.223 e. The topological polar surface area (TPSA) is 74.1 Å². The minimum Gasteiger partial charge on any atom is -0.368 e. The van der Waals surface area contributed by atoms with Crippen molar-refractivity contribution >= 4 is 34.2 Å². The molecule has 0 bridgehead atoms. The molecule has 0 spiro atoms. The highest BCUT2D eigenvalue weighted by molar-refractivity contribution is 5.83. The molecule has 33 heavy (non-hydrogen) atoms. The first-order valence-corrected chi connectivity index (χ1v) is 11.9. The molecule has 6 nitrogen and oxygen atoms in total. The van der Waals surface area contributed by atoms with Crippen molar-refractivity contribution in [1.82, 2.24) is 15.0 Å². The van der Waals surface area contributed by atoms with Gasteiger partial charge in [0.25, 0.3) is 0 Å². The van der Waals surface area contributed by atoms with Gasteiger partial charge in [-0.05, 0) is 62.8 Å². The standard InChI is InChI=1S/C27H32N6/c1-19-10-13-21(14-11-19)32(2)25-23(15-12-20-18-29-24-9-5-4-8-22(20)24)26(31-27(28)30-25)33-16-6-3-7-17-33/h4-5,8-11,13-14,18,29H,3,6-7,12,15-17H2,1-2H3,(H2,28,30,31). The van der Waals surface area contributed by atoms with E-state index in [9.17, 15) is 0 Å². The molecule has 170 valence electrons. The van der Waals surface area contributed by atoms with Crippen LogP contribution in [0.15, 0.2) is 54.7 Å². The highest BCUT2D eigenvalue weighted by Crippen LogP contribution is 2.34. The van der Waals surface area contributed by atoms with E-state index in [-0.39, 0.29) is 0 Å². The van der Waals surface area contributed by atoms with Gasteiger partial charge in [0.2, 0.25) is 5.95 Å². The molecule has 1 aliphatic heterocycles. The van der Waals surface area contributed by atoms with Gasteiger partial charge in [-0.3, -0.25) is 0 Å². The van der Waals surface area contributed by atoms with Gasteiger partial charge in [0.15, 0.2) is 0 Å². The number of nitrogens with two attached hydrogens (primary N) is 1. The highest BCUT2D eigenvalue weighted by atomic mass is 15.3. The lowest BCUT2D eigenvalue weighted by atomic mass is 10.0. The van der Waals surface area contributed by atoms with Crippen LogP contribution in [0.3, 0.4) is 0 Å². The molecule has 2 aromatic heterocycles. The molecule has 3 N–H and O–H groups in total. The Kier molecular flexibility index (Phi) is 5.90. The fourth-order valence-electron chi connectivity index (χ4n) is 4.83. The number of aryl methyl sites for hydroxylation is 2. The third-order valence-corrected chi connectivity index (χ3v) is 6.69. The molecule has 0 unspecified atom stereocenters. The van der Waals surface area contributed by atoms with Crippen LogP contribution in [-0.4, -0.2) is 35.1 Å². The number of hydrogen-bond donors (Lipinski definition) is 2. The number of aromatic nitrogens is 3. The number of H-pyrrole nitrogens is 1. The van der Waals surface area contributed by atoms with Gasteiger partial charge in [0.1, 0.15) is 11.6 Å². The summed E-state index contributed by atoms with van der Waals surface area (Å²) in [5.41, 5.74) is 12.2. The van der Waals surface area contributed by atoms with E-state index < -0.39 is 0 Å². The van der Waals surface area contributed by atoms with Crippen LogP contribution in [0.5, 0.6) is 0 Å². The summed E-state index contributed by atoms with van der Waals surface area (Å²) in [5, 5.41) is 1.28. The van der Waals surface area contributed by atoms with E-state index >= 15 is 0 Å². The van der Waals surface area contributed by atoms with Crippen molar-refractivity contribution in [1.29, 1.82) is 0 Å². The van der Waals surface area contributed by atoms with Crippen molar-refractivity contribution < 1.29 is 0 Å². The van der Waals surface area contributed by atoms with Gasteiger partial charge >= 0.3 is 0 Å². The van der Waals surface area contributed by atoms with Crippen LogP contribution < -0.4 is 15.5 Å². The zero-order valence-corrected chi connectivity index (χ0v) is 19.5. The Morgan fingerprint density at radius 1 is 0.970 bits per heavy atom. The number of piperidine rings is 1. The van der Waals surface area contributed by atoms with E-state index in [0.29, 0.717) is 5.95 Å². The van der Waals surface area contributed by atoms with E-state index in [1.807, 2.05) is 0 Å². The van der Waals surface area contributed by atoms with Gasteiger partial charge < -0.3 is 20.5 Å². The predicted octanol–water partition coefficient (Wildman–Crippen LogP) is 5.39. The summed E-state index contributed by atoms with van der Waals surface area (Å²) in [6.07, 6.45) is 7.54. The number of benzene rings is 2. The molecule has 3 heterocycles. The van der Waals surface area contributed by atoms with E-state index in [0.717, 1.165) is 43.3 Å². The maximum atomic E-state index is 6.26. The van der Waals surface area contributed by atoms with Gasteiger partial charge in [-0.25, -0.2) is 0 Å². The Balaban J connectivity index is 1.55. The van der Waals surface area contributed by atoms with Gasteiger partial charge in [-0.15, -0.1) is 0 Å².